The van der Waals surface area contributed by atoms with Gasteiger partial charge in [-0.15, -0.1) is 0 Å². The van der Waals surface area contributed by atoms with E-state index in [1.165, 1.54) is 24.0 Å². The standard InChI is InChI=1S/C13H16.C7H16/c1-10(2)9-12-8-7-11-5-3-4-6-13(11)12;1-6(2)5-7(3)4/h3-6,8,10H,7,9H2,1-2H3;6-7H,5H2,1-4H3. The molecule has 0 nitrogen and oxygen atoms in total. The number of hydrogen-bond acceptors (Lipinski definition) is 0. The van der Waals surface area contributed by atoms with Crippen molar-refractivity contribution >= 4 is 5.57 Å². The summed E-state index contributed by atoms with van der Waals surface area (Å²) in [5.41, 5.74) is 4.53. The molecule has 0 saturated heterocycles. The van der Waals surface area contributed by atoms with Crippen LogP contribution in [-0.4, -0.2) is 0 Å². The molecule has 2 rings (SSSR count). The van der Waals surface area contributed by atoms with E-state index in [2.05, 4.69) is 71.9 Å². The maximum absolute atomic E-state index is 2.38. The summed E-state index contributed by atoms with van der Waals surface area (Å²) in [6.07, 6.45) is 6.10. The van der Waals surface area contributed by atoms with Crippen molar-refractivity contribution in [2.45, 2.75) is 60.8 Å². The van der Waals surface area contributed by atoms with Crippen molar-refractivity contribution in [2.75, 3.05) is 0 Å². The minimum atomic E-state index is 0.761. The van der Waals surface area contributed by atoms with Crippen LogP contribution in [0, 0.1) is 17.8 Å². The van der Waals surface area contributed by atoms with Gasteiger partial charge in [-0.1, -0.05) is 71.9 Å². The molecule has 0 spiro atoms. The summed E-state index contributed by atoms with van der Waals surface area (Å²) in [5, 5.41) is 0. The van der Waals surface area contributed by atoms with Crippen LogP contribution in [-0.2, 0) is 6.42 Å². The molecule has 1 aliphatic rings. The van der Waals surface area contributed by atoms with Gasteiger partial charge in [0, 0.05) is 0 Å². The van der Waals surface area contributed by atoms with Crippen LogP contribution in [0.3, 0.4) is 0 Å². The van der Waals surface area contributed by atoms with Gasteiger partial charge in [-0.05, 0) is 53.7 Å². The lowest BCUT2D eigenvalue weighted by Gasteiger charge is -2.07. The van der Waals surface area contributed by atoms with E-state index in [1.54, 1.807) is 5.57 Å². The smallest absolute Gasteiger partial charge is 0.00854 e. The molecule has 0 atom stereocenters. The monoisotopic (exact) mass is 272 g/mol. The quantitative estimate of drug-likeness (QED) is 0.598. The van der Waals surface area contributed by atoms with Crippen LogP contribution in [0.5, 0.6) is 0 Å². The second kappa shape index (κ2) is 8.29. The zero-order valence-corrected chi connectivity index (χ0v) is 14.2. The SMILES string of the molecule is CC(C)CC(C)C.CC(C)CC1=CCc2ccccc21. The fourth-order valence-corrected chi connectivity index (χ4v) is 2.93. The maximum atomic E-state index is 2.38. The molecule has 0 aliphatic heterocycles. The maximum Gasteiger partial charge on any atom is -0.00854 e. The molecule has 0 N–H and O–H groups in total. The topological polar surface area (TPSA) is 0 Å². The first-order chi connectivity index (χ1) is 9.40. The zero-order valence-electron chi connectivity index (χ0n) is 14.2. The predicted molar refractivity (Wildman–Crippen MR) is 91.9 cm³/mol. The van der Waals surface area contributed by atoms with Gasteiger partial charge in [0.05, 0.1) is 0 Å². The van der Waals surface area contributed by atoms with Crippen LogP contribution in [0.15, 0.2) is 30.3 Å². The average molecular weight is 272 g/mol. The Morgan fingerprint density at radius 1 is 0.850 bits per heavy atom. The van der Waals surface area contributed by atoms with Crippen molar-refractivity contribution in [3.63, 3.8) is 0 Å². The van der Waals surface area contributed by atoms with E-state index in [-0.39, 0.29) is 0 Å². The molecular weight excluding hydrogens is 240 g/mol. The number of allylic oxidation sites excluding steroid dienone is 2. The summed E-state index contributed by atoms with van der Waals surface area (Å²) in [5.74, 6) is 2.51. The van der Waals surface area contributed by atoms with Crippen molar-refractivity contribution in [1.82, 2.24) is 0 Å². The Kier molecular flexibility index (Phi) is 7.05. The summed E-state index contributed by atoms with van der Waals surface area (Å²) >= 11 is 0. The minimum absolute atomic E-state index is 0.761. The number of hydrogen-bond donors (Lipinski definition) is 0. The molecule has 0 bridgehead atoms. The molecule has 112 valence electrons. The van der Waals surface area contributed by atoms with E-state index >= 15 is 0 Å². The number of rotatable bonds is 4. The molecule has 0 heterocycles. The van der Waals surface area contributed by atoms with E-state index in [0.29, 0.717) is 0 Å². The Labute approximate surface area is 126 Å². The molecule has 0 radical (unpaired) electrons. The second-order valence-electron chi connectivity index (χ2n) is 7.21. The Hall–Kier alpha value is -1.04. The van der Waals surface area contributed by atoms with Gasteiger partial charge in [0.2, 0.25) is 0 Å². The van der Waals surface area contributed by atoms with Gasteiger partial charge < -0.3 is 0 Å². The molecule has 1 aromatic carbocycles. The molecule has 0 saturated carbocycles. The summed E-state index contributed by atoms with van der Waals surface area (Å²) in [6.45, 7) is 13.6. The molecule has 20 heavy (non-hydrogen) atoms. The van der Waals surface area contributed by atoms with Gasteiger partial charge in [0.15, 0.2) is 0 Å². The number of benzene rings is 1. The van der Waals surface area contributed by atoms with Gasteiger partial charge in [-0.2, -0.15) is 0 Å². The van der Waals surface area contributed by atoms with Crippen LogP contribution in [0.25, 0.3) is 5.57 Å². The molecular formula is C20H32. The first-order valence-corrected chi connectivity index (χ1v) is 8.17. The summed E-state index contributed by atoms with van der Waals surface area (Å²) < 4.78 is 0. The third-order valence-corrected chi connectivity index (χ3v) is 3.50. The Bertz CT molecular complexity index is 415. The van der Waals surface area contributed by atoms with Gasteiger partial charge in [0.25, 0.3) is 0 Å². The third-order valence-electron chi connectivity index (χ3n) is 3.50. The van der Waals surface area contributed by atoms with Gasteiger partial charge in [0.1, 0.15) is 0 Å². The zero-order chi connectivity index (χ0) is 15.1. The highest BCUT2D eigenvalue weighted by Gasteiger charge is 2.13. The number of fused-ring (bicyclic) bond motifs is 1. The van der Waals surface area contributed by atoms with Crippen LogP contribution in [0.4, 0.5) is 0 Å². The Balaban J connectivity index is 0.000000246. The molecule has 0 unspecified atom stereocenters. The second-order valence-corrected chi connectivity index (χ2v) is 7.21. The first-order valence-electron chi connectivity index (χ1n) is 8.17. The summed E-state index contributed by atoms with van der Waals surface area (Å²) in [6, 6.07) is 8.75. The average Bonchev–Trinajstić information content (AvgIpc) is 2.71. The molecule has 0 fully saturated rings. The lowest BCUT2D eigenvalue weighted by atomic mass is 9.98. The fourth-order valence-electron chi connectivity index (χ4n) is 2.93. The summed E-state index contributed by atoms with van der Waals surface area (Å²) in [4.78, 5) is 0. The van der Waals surface area contributed by atoms with Crippen molar-refractivity contribution in [3.05, 3.63) is 41.5 Å². The predicted octanol–water partition coefficient (Wildman–Crippen LogP) is 6.36. The first kappa shape index (κ1) is 17.0. The lowest BCUT2D eigenvalue weighted by molar-refractivity contribution is 0.469. The highest BCUT2D eigenvalue weighted by molar-refractivity contribution is 5.72. The van der Waals surface area contributed by atoms with Gasteiger partial charge in [-0.3, -0.25) is 0 Å². The van der Waals surface area contributed by atoms with Gasteiger partial charge >= 0.3 is 0 Å². The lowest BCUT2D eigenvalue weighted by Crippen LogP contribution is -1.93. The largest absolute Gasteiger partial charge is 0.0763 e. The van der Waals surface area contributed by atoms with E-state index < -0.39 is 0 Å². The van der Waals surface area contributed by atoms with Crippen molar-refractivity contribution in [3.8, 4) is 0 Å². The van der Waals surface area contributed by atoms with Crippen LogP contribution < -0.4 is 0 Å². The van der Waals surface area contributed by atoms with Gasteiger partial charge in [-0.25, -0.2) is 0 Å². The van der Waals surface area contributed by atoms with E-state index in [0.717, 1.165) is 24.2 Å². The summed E-state index contributed by atoms with van der Waals surface area (Å²) in [7, 11) is 0. The van der Waals surface area contributed by atoms with E-state index in [4.69, 9.17) is 0 Å². The van der Waals surface area contributed by atoms with Crippen LogP contribution in [0.2, 0.25) is 0 Å². The van der Waals surface area contributed by atoms with Crippen molar-refractivity contribution < 1.29 is 0 Å². The highest BCUT2D eigenvalue weighted by atomic mass is 14.2. The molecule has 1 aromatic rings. The Morgan fingerprint density at radius 3 is 1.95 bits per heavy atom. The van der Waals surface area contributed by atoms with E-state index in [9.17, 15) is 0 Å². The third kappa shape index (κ3) is 5.94. The van der Waals surface area contributed by atoms with Crippen LogP contribution in [0.1, 0.15) is 65.5 Å². The van der Waals surface area contributed by atoms with Crippen LogP contribution >= 0.6 is 0 Å². The molecule has 0 amide bonds. The van der Waals surface area contributed by atoms with Crippen molar-refractivity contribution in [2.24, 2.45) is 17.8 Å². The Morgan fingerprint density at radius 2 is 1.45 bits per heavy atom. The highest BCUT2D eigenvalue weighted by Crippen LogP contribution is 2.31. The minimum Gasteiger partial charge on any atom is -0.0763 e. The normalized spacial score (nSPS) is 13.3. The van der Waals surface area contributed by atoms with Crippen molar-refractivity contribution in [1.29, 1.82) is 0 Å². The molecule has 1 aliphatic carbocycles. The van der Waals surface area contributed by atoms with E-state index in [1.807, 2.05) is 0 Å². The molecule has 0 aromatic heterocycles. The molecule has 0 heteroatoms. The fraction of sp³-hybridized carbons (Fsp3) is 0.600.